The lowest BCUT2D eigenvalue weighted by Crippen LogP contribution is -2.46. The summed E-state index contributed by atoms with van der Waals surface area (Å²) < 4.78 is 3.86. The Morgan fingerprint density at radius 3 is 2.71 bits per heavy atom. The molecule has 1 amide bonds. The zero-order valence-corrected chi connectivity index (χ0v) is 12.2. The highest BCUT2D eigenvalue weighted by Gasteiger charge is 2.30. The lowest BCUT2D eigenvalue weighted by molar-refractivity contribution is 0.0664. The average molecular weight is 276 g/mol. The van der Waals surface area contributed by atoms with Crippen LogP contribution in [0.4, 0.5) is 0 Å². The van der Waals surface area contributed by atoms with E-state index in [0.29, 0.717) is 10.8 Å². The number of hydrogen-bond acceptors (Lipinski definition) is 4. The van der Waals surface area contributed by atoms with Crippen LogP contribution in [-0.4, -0.2) is 38.9 Å². The molecule has 6 heteroatoms. The Bertz CT molecular complexity index is 392. The Balaban J connectivity index is 2.92. The van der Waals surface area contributed by atoms with Crippen LogP contribution in [0.1, 0.15) is 42.6 Å². The first-order valence-electron chi connectivity index (χ1n) is 5.59. The predicted molar refractivity (Wildman–Crippen MR) is 70.8 cm³/mol. The molecule has 0 saturated heterocycles. The number of aryl methyl sites for hydroxylation is 1. The maximum atomic E-state index is 12.3. The number of carbonyl (C=O) groups excluding carboxylic acids is 1. The van der Waals surface area contributed by atoms with Gasteiger partial charge in [-0.05, 0) is 31.8 Å². The van der Waals surface area contributed by atoms with Gasteiger partial charge in [-0.25, -0.2) is 0 Å². The van der Waals surface area contributed by atoms with Crippen LogP contribution in [-0.2, 0) is 6.42 Å². The fourth-order valence-corrected chi connectivity index (χ4v) is 2.15. The highest BCUT2D eigenvalue weighted by molar-refractivity contribution is 7.08. The van der Waals surface area contributed by atoms with Crippen LogP contribution in [0.3, 0.4) is 0 Å². The van der Waals surface area contributed by atoms with Crippen molar-refractivity contribution < 1.29 is 4.79 Å². The van der Waals surface area contributed by atoms with Crippen molar-refractivity contribution in [3.8, 4) is 0 Å². The normalized spacial score (nSPS) is 11.6. The van der Waals surface area contributed by atoms with Gasteiger partial charge >= 0.3 is 0 Å². The topological polar surface area (TPSA) is 46.1 Å². The van der Waals surface area contributed by atoms with Gasteiger partial charge < -0.3 is 4.90 Å². The number of rotatable bonds is 5. The van der Waals surface area contributed by atoms with Gasteiger partial charge in [0.2, 0.25) is 0 Å². The molecule has 0 bridgehead atoms. The molecule has 0 saturated carbocycles. The highest BCUT2D eigenvalue weighted by Crippen LogP contribution is 2.21. The molecule has 0 unspecified atom stereocenters. The lowest BCUT2D eigenvalue weighted by atomic mass is 10.1. The summed E-state index contributed by atoms with van der Waals surface area (Å²) in [5, 5.41) is 4.01. The van der Waals surface area contributed by atoms with Crippen LogP contribution in [0.5, 0.6) is 0 Å². The summed E-state index contributed by atoms with van der Waals surface area (Å²) in [4.78, 5) is 14.6. The first-order chi connectivity index (χ1) is 7.94. The molecular weight excluding hydrogens is 258 g/mol. The summed E-state index contributed by atoms with van der Waals surface area (Å²) in [6.07, 6.45) is 1.74. The Morgan fingerprint density at radius 1 is 1.53 bits per heavy atom. The van der Waals surface area contributed by atoms with Crippen molar-refractivity contribution in [3.63, 3.8) is 0 Å². The number of carbonyl (C=O) groups is 1. The molecule has 0 fully saturated rings. The van der Waals surface area contributed by atoms with Gasteiger partial charge in [-0.3, -0.25) is 4.79 Å². The second-order valence-electron chi connectivity index (χ2n) is 4.61. The van der Waals surface area contributed by atoms with E-state index in [-0.39, 0.29) is 11.4 Å². The van der Waals surface area contributed by atoms with Crippen molar-refractivity contribution in [3.05, 3.63) is 10.6 Å². The van der Waals surface area contributed by atoms with Gasteiger partial charge in [0.1, 0.15) is 4.88 Å². The van der Waals surface area contributed by atoms with Crippen LogP contribution in [0.15, 0.2) is 0 Å². The zero-order valence-electron chi connectivity index (χ0n) is 10.7. The zero-order chi connectivity index (χ0) is 13.1. The number of nitrogens with zero attached hydrogens (tertiary/aromatic N) is 3. The Labute approximate surface area is 111 Å². The van der Waals surface area contributed by atoms with Gasteiger partial charge in [0.15, 0.2) is 0 Å². The molecule has 0 aliphatic carbocycles. The summed E-state index contributed by atoms with van der Waals surface area (Å²) in [5.74, 6) is 0.346. The molecule has 0 aromatic carbocycles. The minimum Gasteiger partial charge on any atom is -0.335 e. The second-order valence-corrected chi connectivity index (χ2v) is 5.63. The second kappa shape index (κ2) is 5.78. The molecule has 0 atom stereocenters. The molecule has 96 valence electrons. The summed E-state index contributed by atoms with van der Waals surface area (Å²) in [5.41, 5.74) is 0.422. The van der Waals surface area contributed by atoms with Gasteiger partial charge in [0.05, 0.1) is 11.2 Å². The quantitative estimate of drug-likeness (QED) is 0.776. The Kier molecular flexibility index (Phi) is 4.89. The molecule has 0 spiro atoms. The van der Waals surface area contributed by atoms with Crippen molar-refractivity contribution >= 4 is 29.0 Å². The smallest absolute Gasteiger partial charge is 0.267 e. The van der Waals surface area contributed by atoms with Crippen molar-refractivity contribution in [1.29, 1.82) is 0 Å². The first-order valence-corrected chi connectivity index (χ1v) is 6.90. The van der Waals surface area contributed by atoms with Crippen LogP contribution in [0, 0.1) is 0 Å². The fourth-order valence-electron chi connectivity index (χ4n) is 1.29. The molecule has 0 N–H and O–H groups in total. The van der Waals surface area contributed by atoms with Crippen LogP contribution in [0.2, 0.25) is 0 Å². The first kappa shape index (κ1) is 14.4. The van der Waals surface area contributed by atoms with Gasteiger partial charge in [0.25, 0.3) is 5.91 Å². The van der Waals surface area contributed by atoms with Crippen molar-refractivity contribution in [2.24, 2.45) is 0 Å². The maximum Gasteiger partial charge on any atom is 0.267 e. The number of aromatic nitrogens is 2. The lowest BCUT2D eigenvalue weighted by Gasteiger charge is -2.33. The van der Waals surface area contributed by atoms with E-state index in [9.17, 15) is 4.79 Å². The third-order valence-electron chi connectivity index (χ3n) is 2.78. The number of halogens is 1. The molecule has 0 aliphatic rings. The Hall–Kier alpha value is -0.680. The molecule has 4 nitrogen and oxygen atoms in total. The fraction of sp³-hybridized carbons (Fsp3) is 0.727. The van der Waals surface area contributed by atoms with Gasteiger partial charge in [-0.1, -0.05) is 17.8 Å². The molecule has 1 aromatic rings. The van der Waals surface area contributed by atoms with Crippen LogP contribution in [0.25, 0.3) is 0 Å². The standard InChI is InChI=1S/C11H18ClN3OS/c1-5-6-8-9(17-14-13-8)10(16)15(4)11(2,3)7-12/h5-7H2,1-4H3. The molecule has 1 aromatic heterocycles. The molecular formula is C11H18ClN3OS. The summed E-state index contributed by atoms with van der Waals surface area (Å²) >= 11 is 7.03. The molecule has 1 heterocycles. The largest absolute Gasteiger partial charge is 0.335 e. The minimum atomic E-state index is -0.369. The molecule has 17 heavy (non-hydrogen) atoms. The third-order valence-corrected chi connectivity index (χ3v) is 4.19. The minimum absolute atomic E-state index is 0.0471. The van der Waals surface area contributed by atoms with Crippen LogP contribution >= 0.6 is 23.1 Å². The third kappa shape index (κ3) is 3.16. The van der Waals surface area contributed by atoms with Crippen molar-refractivity contribution in [1.82, 2.24) is 14.5 Å². The van der Waals surface area contributed by atoms with E-state index in [2.05, 4.69) is 16.5 Å². The SMILES string of the molecule is CCCc1nnsc1C(=O)N(C)C(C)(C)CCl. The monoisotopic (exact) mass is 275 g/mol. The van der Waals surface area contributed by atoms with Crippen LogP contribution < -0.4 is 0 Å². The van der Waals surface area contributed by atoms with Gasteiger partial charge in [-0.15, -0.1) is 16.7 Å². The van der Waals surface area contributed by atoms with E-state index in [4.69, 9.17) is 11.6 Å². The number of hydrogen-bond donors (Lipinski definition) is 0. The summed E-state index contributed by atoms with van der Waals surface area (Å²) in [7, 11) is 1.76. The van der Waals surface area contributed by atoms with E-state index in [1.54, 1.807) is 11.9 Å². The molecule has 1 rings (SSSR count). The van der Waals surface area contributed by atoms with E-state index in [0.717, 1.165) is 30.1 Å². The summed E-state index contributed by atoms with van der Waals surface area (Å²) in [6, 6.07) is 0. The van der Waals surface area contributed by atoms with Crippen molar-refractivity contribution in [2.45, 2.75) is 39.2 Å². The van der Waals surface area contributed by atoms with E-state index in [1.165, 1.54) is 0 Å². The number of amides is 1. The molecule has 0 aliphatic heterocycles. The number of alkyl halides is 1. The van der Waals surface area contributed by atoms with E-state index in [1.807, 2.05) is 13.8 Å². The molecule has 0 radical (unpaired) electrons. The maximum absolute atomic E-state index is 12.3. The van der Waals surface area contributed by atoms with Gasteiger partial charge in [0, 0.05) is 12.9 Å². The van der Waals surface area contributed by atoms with Gasteiger partial charge in [-0.2, -0.15) is 0 Å². The van der Waals surface area contributed by atoms with E-state index >= 15 is 0 Å². The summed E-state index contributed by atoms with van der Waals surface area (Å²) in [6.45, 7) is 5.93. The Morgan fingerprint density at radius 2 is 2.18 bits per heavy atom. The predicted octanol–water partition coefficient (Wildman–Crippen LogP) is 2.58. The highest BCUT2D eigenvalue weighted by atomic mass is 35.5. The van der Waals surface area contributed by atoms with E-state index < -0.39 is 0 Å². The average Bonchev–Trinajstić information content (AvgIpc) is 2.76. The van der Waals surface area contributed by atoms with Crippen molar-refractivity contribution in [2.75, 3.05) is 12.9 Å².